The van der Waals surface area contributed by atoms with Crippen LogP contribution in [0.4, 0.5) is 23.2 Å². The van der Waals surface area contributed by atoms with Crippen LogP contribution in [0, 0.1) is 11.7 Å². The number of hydrogen-bond acceptors (Lipinski definition) is 3. The molecule has 1 atom stereocenters. The smallest absolute Gasteiger partial charge is 0.333 e. The summed E-state index contributed by atoms with van der Waals surface area (Å²) in [7, 11) is 0. The van der Waals surface area contributed by atoms with Crippen LogP contribution in [0.25, 0.3) is 0 Å². The lowest BCUT2D eigenvalue weighted by Gasteiger charge is -2.18. The van der Waals surface area contributed by atoms with Crippen LogP contribution in [0.2, 0.25) is 0 Å². The number of ketones is 1. The molecule has 1 N–H and O–H groups in total. The van der Waals surface area contributed by atoms with Gasteiger partial charge in [-0.2, -0.15) is 13.2 Å². The molecule has 1 aliphatic heterocycles. The van der Waals surface area contributed by atoms with Crippen LogP contribution in [-0.2, 0) is 9.59 Å². The third-order valence-electron chi connectivity index (χ3n) is 3.57. The Labute approximate surface area is 134 Å². The Morgan fingerprint density at radius 3 is 2.58 bits per heavy atom. The maximum Gasteiger partial charge on any atom is 0.406 e. The number of anilines is 1. The van der Waals surface area contributed by atoms with E-state index < -0.39 is 42.1 Å². The molecule has 1 saturated heterocycles. The molecule has 1 heterocycles. The highest BCUT2D eigenvalue weighted by Gasteiger charge is 2.40. The number of alkyl halides is 3. The molecule has 9 heteroatoms. The van der Waals surface area contributed by atoms with Gasteiger partial charge in [0.15, 0.2) is 5.78 Å². The summed E-state index contributed by atoms with van der Waals surface area (Å²) in [6.07, 6.45) is -4.92. The third kappa shape index (κ3) is 4.30. The minimum absolute atomic E-state index is 0.0706. The number of carbonyl (C=O) groups is 3. The summed E-state index contributed by atoms with van der Waals surface area (Å²) in [6, 6.07) is 3.19. The van der Waals surface area contributed by atoms with Gasteiger partial charge in [-0.15, -0.1) is 0 Å². The maximum atomic E-state index is 13.3. The Bertz CT molecular complexity index is 688. The van der Waals surface area contributed by atoms with E-state index in [2.05, 4.69) is 5.32 Å². The van der Waals surface area contributed by atoms with Gasteiger partial charge in [-0.25, -0.2) is 4.39 Å². The molecule has 0 aromatic heterocycles. The lowest BCUT2D eigenvalue weighted by atomic mass is 10.1. The van der Waals surface area contributed by atoms with Crippen molar-refractivity contribution in [3.63, 3.8) is 0 Å². The zero-order chi connectivity index (χ0) is 18.1. The first-order chi connectivity index (χ1) is 11.1. The number of nitrogens with one attached hydrogen (secondary N) is 1. The monoisotopic (exact) mass is 346 g/mol. The molecule has 130 valence electrons. The van der Waals surface area contributed by atoms with Crippen molar-refractivity contribution in [3.05, 3.63) is 29.6 Å². The fourth-order valence-corrected chi connectivity index (χ4v) is 2.48. The number of likely N-dealkylation sites (tertiary alicyclic amines) is 1. The molecule has 0 radical (unpaired) electrons. The van der Waals surface area contributed by atoms with Gasteiger partial charge in [-0.05, 0) is 25.1 Å². The summed E-state index contributed by atoms with van der Waals surface area (Å²) in [5.41, 5.74) is -0.00422. The Morgan fingerprint density at radius 1 is 1.33 bits per heavy atom. The van der Waals surface area contributed by atoms with Crippen molar-refractivity contribution in [1.29, 1.82) is 0 Å². The second kappa shape index (κ2) is 6.58. The van der Waals surface area contributed by atoms with E-state index in [4.69, 9.17) is 0 Å². The van der Waals surface area contributed by atoms with E-state index in [0.717, 1.165) is 12.1 Å². The summed E-state index contributed by atoms with van der Waals surface area (Å²) in [5, 5.41) is 2.32. The summed E-state index contributed by atoms with van der Waals surface area (Å²) in [5.74, 6) is -3.61. The average molecular weight is 346 g/mol. The standard InChI is InChI=1S/C15H14F4N2O3/c1-8(22)11-3-2-10(16)5-12(11)20-14(24)9-4-13(23)21(6-9)7-15(17,18)19/h2-3,5,9H,4,6-7H2,1H3,(H,20,24)/t9-/m0/s1. The Morgan fingerprint density at radius 2 is 2.00 bits per heavy atom. The van der Waals surface area contributed by atoms with Crippen molar-refractivity contribution in [2.75, 3.05) is 18.4 Å². The van der Waals surface area contributed by atoms with Gasteiger partial charge in [0, 0.05) is 18.5 Å². The number of benzene rings is 1. The van der Waals surface area contributed by atoms with E-state index in [1.165, 1.54) is 13.0 Å². The molecule has 0 unspecified atom stereocenters. The van der Waals surface area contributed by atoms with Gasteiger partial charge in [0.2, 0.25) is 11.8 Å². The van der Waals surface area contributed by atoms with Gasteiger partial charge in [0.25, 0.3) is 0 Å². The van der Waals surface area contributed by atoms with E-state index >= 15 is 0 Å². The normalized spacial score (nSPS) is 18.0. The summed E-state index contributed by atoms with van der Waals surface area (Å²) in [4.78, 5) is 35.8. The predicted molar refractivity (Wildman–Crippen MR) is 75.8 cm³/mol. The van der Waals surface area contributed by atoms with E-state index in [9.17, 15) is 31.9 Å². The first-order valence-electron chi connectivity index (χ1n) is 7.02. The summed E-state index contributed by atoms with van der Waals surface area (Å²) >= 11 is 0. The topological polar surface area (TPSA) is 66.5 Å². The third-order valence-corrected chi connectivity index (χ3v) is 3.57. The van der Waals surface area contributed by atoms with Crippen LogP contribution in [0.15, 0.2) is 18.2 Å². The van der Waals surface area contributed by atoms with Gasteiger partial charge >= 0.3 is 6.18 Å². The van der Waals surface area contributed by atoms with Crippen LogP contribution in [0.5, 0.6) is 0 Å². The van der Waals surface area contributed by atoms with Gasteiger partial charge in [-0.1, -0.05) is 0 Å². The van der Waals surface area contributed by atoms with Crippen LogP contribution in [0.1, 0.15) is 23.7 Å². The number of rotatable bonds is 4. The predicted octanol–water partition coefficient (Wildman–Crippen LogP) is 2.38. The highest BCUT2D eigenvalue weighted by atomic mass is 19.4. The molecule has 0 aliphatic carbocycles. The van der Waals surface area contributed by atoms with E-state index in [1.807, 2.05) is 0 Å². The second-order valence-corrected chi connectivity index (χ2v) is 5.53. The number of amides is 2. The van der Waals surface area contributed by atoms with Gasteiger partial charge in [0.05, 0.1) is 11.6 Å². The summed E-state index contributed by atoms with van der Waals surface area (Å²) < 4.78 is 50.4. The van der Waals surface area contributed by atoms with Gasteiger partial charge in [-0.3, -0.25) is 14.4 Å². The lowest BCUT2D eigenvalue weighted by Crippen LogP contribution is -2.36. The number of halogens is 4. The summed E-state index contributed by atoms with van der Waals surface area (Å²) in [6.45, 7) is -0.573. The molecule has 0 saturated carbocycles. The van der Waals surface area contributed by atoms with Crippen molar-refractivity contribution in [3.8, 4) is 0 Å². The van der Waals surface area contributed by atoms with Crippen molar-refractivity contribution >= 4 is 23.3 Å². The molecule has 24 heavy (non-hydrogen) atoms. The first kappa shape index (κ1) is 17.9. The highest BCUT2D eigenvalue weighted by Crippen LogP contribution is 2.26. The molecule has 1 aliphatic rings. The molecule has 1 aromatic rings. The number of Topliss-reactive ketones (excluding diaryl/α,β-unsaturated/α-hetero) is 1. The van der Waals surface area contributed by atoms with E-state index in [0.29, 0.717) is 4.90 Å². The molecule has 5 nitrogen and oxygen atoms in total. The number of hydrogen-bond donors (Lipinski definition) is 1. The van der Waals surface area contributed by atoms with E-state index in [-0.39, 0.29) is 24.2 Å². The number of carbonyl (C=O) groups excluding carboxylic acids is 3. The molecule has 1 aromatic carbocycles. The fraction of sp³-hybridized carbons (Fsp3) is 0.400. The van der Waals surface area contributed by atoms with Crippen molar-refractivity contribution < 1.29 is 31.9 Å². The largest absolute Gasteiger partial charge is 0.406 e. The van der Waals surface area contributed by atoms with Gasteiger partial charge < -0.3 is 10.2 Å². The first-order valence-corrected chi connectivity index (χ1v) is 7.02. The average Bonchev–Trinajstić information content (AvgIpc) is 2.78. The maximum absolute atomic E-state index is 13.3. The SMILES string of the molecule is CC(=O)c1ccc(F)cc1NC(=O)[C@H]1CC(=O)N(CC(F)(F)F)C1. The van der Waals surface area contributed by atoms with Crippen molar-refractivity contribution in [2.24, 2.45) is 5.92 Å². The van der Waals surface area contributed by atoms with Crippen molar-refractivity contribution in [2.45, 2.75) is 19.5 Å². The van der Waals surface area contributed by atoms with Crippen LogP contribution >= 0.6 is 0 Å². The highest BCUT2D eigenvalue weighted by molar-refractivity contribution is 6.05. The van der Waals surface area contributed by atoms with Gasteiger partial charge in [0.1, 0.15) is 12.4 Å². The second-order valence-electron chi connectivity index (χ2n) is 5.53. The molecule has 2 amide bonds. The zero-order valence-electron chi connectivity index (χ0n) is 12.6. The minimum Gasteiger partial charge on any atom is -0.333 e. The van der Waals surface area contributed by atoms with Crippen LogP contribution in [-0.4, -0.2) is 41.8 Å². The fourth-order valence-electron chi connectivity index (χ4n) is 2.48. The zero-order valence-corrected chi connectivity index (χ0v) is 12.6. The van der Waals surface area contributed by atoms with Crippen LogP contribution < -0.4 is 5.32 Å². The number of nitrogens with zero attached hydrogens (tertiary/aromatic N) is 1. The molecule has 2 rings (SSSR count). The minimum atomic E-state index is -4.55. The molecular formula is C15H14F4N2O3. The molecule has 0 bridgehead atoms. The molecule has 1 fully saturated rings. The van der Waals surface area contributed by atoms with Crippen LogP contribution in [0.3, 0.4) is 0 Å². The van der Waals surface area contributed by atoms with E-state index in [1.54, 1.807) is 0 Å². The van der Waals surface area contributed by atoms with Crippen molar-refractivity contribution in [1.82, 2.24) is 4.90 Å². The molecule has 0 spiro atoms. The Balaban J connectivity index is 2.10. The Hall–Kier alpha value is -2.45. The quantitative estimate of drug-likeness (QED) is 0.672. The Kier molecular flexibility index (Phi) is 4.91. The molecular weight excluding hydrogens is 332 g/mol. The lowest BCUT2D eigenvalue weighted by molar-refractivity contribution is -0.157.